The summed E-state index contributed by atoms with van der Waals surface area (Å²) < 4.78 is 12.8. The van der Waals surface area contributed by atoms with Gasteiger partial charge in [-0.15, -0.1) is 0 Å². The van der Waals surface area contributed by atoms with Gasteiger partial charge in [-0.05, 0) is 37.7 Å². The van der Waals surface area contributed by atoms with Gasteiger partial charge in [0.1, 0.15) is 5.82 Å². The van der Waals surface area contributed by atoms with E-state index in [-0.39, 0.29) is 5.82 Å². The number of nitrogens with zero attached hydrogens (tertiary/aromatic N) is 2. The molecule has 1 heterocycles. The molecule has 1 aliphatic rings. The monoisotopic (exact) mass is 222 g/mol. The van der Waals surface area contributed by atoms with Crippen LogP contribution in [0.3, 0.4) is 0 Å². The number of benzene rings is 1. The number of anilines is 1. The van der Waals surface area contributed by atoms with Crippen LogP contribution in [0.2, 0.25) is 0 Å². The Morgan fingerprint density at radius 2 is 1.94 bits per heavy atom. The second-order valence-electron chi connectivity index (χ2n) is 4.40. The topological polar surface area (TPSA) is 6.48 Å². The van der Waals surface area contributed by atoms with E-state index in [2.05, 4.69) is 23.6 Å². The SMILES string of the molecule is CCN1CCN(c2ccc(F)cc2)C[C@H]1C. The van der Waals surface area contributed by atoms with Crippen LogP contribution < -0.4 is 4.90 Å². The van der Waals surface area contributed by atoms with Gasteiger partial charge in [-0.3, -0.25) is 4.90 Å². The Hall–Kier alpha value is -1.09. The van der Waals surface area contributed by atoms with E-state index >= 15 is 0 Å². The van der Waals surface area contributed by atoms with Crippen molar-refractivity contribution in [1.82, 2.24) is 4.90 Å². The third kappa shape index (κ3) is 2.35. The molecule has 1 aromatic carbocycles. The van der Waals surface area contributed by atoms with Crippen LogP contribution >= 0.6 is 0 Å². The van der Waals surface area contributed by atoms with Crippen molar-refractivity contribution in [3.05, 3.63) is 30.1 Å². The lowest BCUT2D eigenvalue weighted by Crippen LogP contribution is -2.51. The summed E-state index contributed by atoms with van der Waals surface area (Å²) in [6.07, 6.45) is 0. The average Bonchev–Trinajstić information content (AvgIpc) is 2.30. The van der Waals surface area contributed by atoms with E-state index in [0.717, 1.165) is 31.9 Å². The fraction of sp³-hybridized carbons (Fsp3) is 0.538. The van der Waals surface area contributed by atoms with E-state index in [0.29, 0.717) is 6.04 Å². The summed E-state index contributed by atoms with van der Waals surface area (Å²) in [6.45, 7) is 8.71. The average molecular weight is 222 g/mol. The molecule has 1 saturated heterocycles. The summed E-state index contributed by atoms with van der Waals surface area (Å²) in [6, 6.07) is 7.37. The third-order valence-corrected chi connectivity index (χ3v) is 3.36. The Labute approximate surface area is 96.7 Å². The van der Waals surface area contributed by atoms with Crippen LogP contribution in [-0.2, 0) is 0 Å². The first-order valence-corrected chi connectivity index (χ1v) is 5.95. The largest absolute Gasteiger partial charge is 0.369 e. The summed E-state index contributed by atoms with van der Waals surface area (Å²) >= 11 is 0. The van der Waals surface area contributed by atoms with Crippen LogP contribution in [0.25, 0.3) is 0 Å². The normalized spacial score (nSPS) is 22.4. The van der Waals surface area contributed by atoms with Crippen LogP contribution in [0.4, 0.5) is 10.1 Å². The van der Waals surface area contributed by atoms with Crippen LogP contribution in [0.15, 0.2) is 24.3 Å². The molecule has 2 nitrogen and oxygen atoms in total. The molecule has 1 atom stereocenters. The van der Waals surface area contributed by atoms with E-state index in [1.54, 1.807) is 0 Å². The number of likely N-dealkylation sites (N-methyl/N-ethyl adjacent to an activating group) is 1. The number of piperazine rings is 1. The second-order valence-corrected chi connectivity index (χ2v) is 4.40. The Morgan fingerprint density at radius 3 is 2.50 bits per heavy atom. The molecule has 0 amide bonds. The molecule has 0 N–H and O–H groups in total. The first-order valence-electron chi connectivity index (χ1n) is 5.95. The Morgan fingerprint density at radius 1 is 1.25 bits per heavy atom. The van der Waals surface area contributed by atoms with Gasteiger partial charge in [-0.2, -0.15) is 0 Å². The first kappa shape index (κ1) is 11.4. The van der Waals surface area contributed by atoms with Gasteiger partial charge in [0, 0.05) is 31.4 Å². The maximum absolute atomic E-state index is 12.8. The molecule has 0 radical (unpaired) electrons. The lowest BCUT2D eigenvalue weighted by molar-refractivity contribution is 0.199. The summed E-state index contributed by atoms with van der Waals surface area (Å²) in [4.78, 5) is 4.80. The number of hydrogen-bond acceptors (Lipinski definition) is 2. The number of hydrogen-bond donors (Lipinski definition) is 0. The van der Waals surface area contributed by atoms with Gasteiger partial charge in [0.25, 0.3) is 0 Å². The van der Waals surface area contributed by atoms with Gasteiger partial charge < -0.3 is 4.90 Å². The fourth-order valence-electron chi connectivity index (χ4n) is 2.35. The van der Waals surface area contributed by atoms with Gasteiger partial charge in [-0.1, -0.05) is 6.92 Å². The molecule has 0 spiro atoms. The highest BCUT2D eigenvalue weighted by Gasteiger charge is 2.22. The van der Waals surface area contributed by atoms with E-state index < -0.39 is 0 Å². The highest BCUT2D eigenvalue weighted by molar-refractivity contribution is 5.46. The molecule has 0 aliphatic carbocycles. The first-order chi connectivity index (χ1) is 7.70. The van der Waals surface area contributed by atoms with Crippen LogP contribution in [0.5, 0.6) is 0 Å². The Bertz CT molecular complexity index is 336. The Kier molecular flexibility index (Phi) is 3.44. The van der Waals surface area contributed by atoms with Crippen molar-refractivity contribution in [2.75, 3.05) is 31.1 Å². The predicted octanol–water partition coefficient (Wildman–Crippen LogP) is 2.36. The molecule has 0 aromatic heterocycles. The van der Waals surface area contributed by atoms with E-state index in [1.807, 2.05) is 12.1 Å². The summed E-state index contributed by atoms with van der Waals surface area (Å²) in [5.41, 5.74) is 1.13. The molecule has 0 bridgehead atoms. The Balaban J connectivity index is 2.04. The highest BCUT2D eigenvalue weighted by atomic mass is 19.1. The van der Waals surface area contributed by atoms with Gasteiger partial charge in [0.15, 0.2) is 0 Å². The zero-order valence-corrected chi connectivity index (χ0v) is 9.99. The van der Waals surface area contributed by atoms with Gasteiger partial charge in [0.2, 0.25) is 0 Å². The quantitative estimate of drug-likeness (QED) is 0.758. The maximum atomic E-state index is 12.8. The van der Waals surface area contributed by atoms with Crippen LogP contribution in [-0.4, -0.2) is 37.1 Å². The van der Waals surface area contributed by atoms with Crippen LogP contribution in [0, 0.1) is 5.82 Å². The minimum absolute atomic E-state index is 0.163. The maximum Gasteiger partial charge on any atom is 0.123 e. The second kappa shape index (κ2) is 4.83. The van der Waals surface area contributed by atoms with Crippen LogP contribution in [0.1, 0.15) is 13.8 Å². The van der Waals surface area contributed by atoms with E-state index in [9.17, 15) is 4.39 Å². The minimum Gasteiger partial charge on any atom is -0.369 e. The molecule has 1 fully saturated rings. The molecule has 0 saturated carbocycles. The van der Waals surface area contributed by atoms with E-state index in [1.165, 1.54) is 12.1 Å². The summed E-state index contributed by atoms with van der Waals surface area (Å²) in [5.74, 6) is -0.163. The number of rotatable bonds is 2. The molecule has 2 rings (SSSR count). The van der Waals surface area contributed by atoms with E-state index in [4.69, 9.17) is 0 Å². The van der Waals surface area contributed by atoms with Crippen molar-refractivity contribution in [2.24, 2.45) is 0 Å². The third-order valence-electron chi connectivity index (χ3n) is 3.36. The van der Waals surface area contributed by atoms with Crippen molar-refractivity contribution in [1.29, 1.82) is 0 Å². The fourth-order valence-corrected chi connectivity index (χ4v) is 2.35. The van der Waals surface area contributed by atoms with Crippen molar-refractivity contribution in [2.45, 2.75) is 19.9 Å². The summed E-state index contributed by atoms with van der Waals surface area (Å²) in [5, 5.41) is 0. The molecule has 1 aromatic rings. The van der Waals surface area contributed by atoms with Crippen molar-refractivity contribution < 1.29 is 4.39 Å². The number of halogens is 1. The lowest BCUT2D eigenvalue weighted by Gasteiger charge is -2.40. The summed E-state index contributed by atoms with van der Waals surface area (Å²) in [7, 11) is 0. The molecule has 1 aliphatic heterocycles. The zero-order valence-electron chi connectivity index (χ0n) is 9.99. The standard InChI is InChI=1S/C13H19FN2/c1-3-15-8-9-16(10-11(15)2)13-6-4-12(14)5-7-13/h4-7,11H,3,8-10H2,1-2H3/t11-/m1/s1. The molecule has 88 valence electrons. The molecule has 16 heavy (non-hydrogen) atoms. The zero-order chi connectivity index (χ0) is 11.5. The van der Waals surface area contributed by atoms with Gasteiger partial charge in [-0.25, -0.2) is 4.39 Å². The minimum atomic E-state index is -0.163. The smallest absolute Gasteiger partial charge is 0.123 e. The van der Waals surface area contributed by atoms with Crippen molar-refractivity contribution in [3.63, 3.8) is 0 Å². The highest BCUT2D eigenvalue weighted by Crippen LogP contribution is 2.19. The molecular weight excluding hydrogens is 203 g/mol. The molecule has 0 unspecified atom stereocenters. The van der Waals surface area contributed by atoms with Gasteiger partial charge in [0.05, 0.1) is 0 Å². The van der Waals surface area contributed by atoms with Gasteiger partial charge >= 0.3 is 0 Å². The predicted molar refractivity (Wildman–Crippen MR) is 65.3 cm³/mol. The van der Waals surface area contributed by atoms with Crippen molar-refractivity contribution >= 4 is 5.69 Å². The lowest BCUT2D eigenvalue weighted by atomic mass is 10.1. The van der Waals surface area contributed by atoms with Crippen molar-refractivity contribution in [3.8, 4) is 0 Å². The molecule has 3 heteroatoms. The molecular formula is C13H19FN2.